The zero-order valence-electron chi connectivity index (χ0n) is 17.4. The van der Waals surface area contributed by atoms with Gasteiger partial charge in [0.25, 0.3) is 0 Å². The zero-order valence-corrected chi connectivity index (χ0v) is 19.8. The second-order valence-corrected chi connectivity index (χ2v) is 11.0. The lowest BCUT2D eigenvalue weighted by atomic mass is 10.2. The van der Waals surface area contributed by atoms with Crippen molar-refractivity contribution in [2.75, 3.05) is 10.7 Å². The monoisotopic (exact) mass is 484 g/mol. The third kappa shape index (κ3) is 5.18. The summed E-state index contributed by atoms with van der Waals surface area (Å²) in [4.78, 5) is 19.6. The molecule has 3 aromatic carbocycles. The number of halogens is 1. The van der Waals surface area contributed by atoms with Crippen LogP contribution in [0.15, 0.2) is 77.7 Å². The summed E-state index contributed by atoms with van der Waals surface area (Å²) in [5, 5.41) is 1.11. The number of hydrogen-bond donors (Lipinski definition) is 0. The fourth-order valence-corrected chi connectivity index (χ4v) is 5.74. The van der Waals surface area contributed by atoms with Gasteiger partial charge in [-0.25, -0.2) is 13.4 Å². The van der Waals surface area contributed by atoms with Crippen LogP contribution >= 0.6 is 22.9 Å². The second kappa shape index (κ2) is 9.40. The SMILES string of the molecule is Cc1ccc(S(=O)(=O)CCC(=O)N(Cc2ccccc2)c2nc3ccc(Cl)cc3s2)cc1. The Morgan fingerprint density at radius 3 is 2.47 bits per heavy atom. The van der Waals surface area contributed by atoms with Crippen molar-refractivity contribution in [2.24, 2.45) is 0 Å². The van der Waals surface area contributed by atoms with Gasteiger partial charge in [0.15, 0.2) is 15.0 Å². The Kier molecular flexibility index (Phi) is 6.60. The molecule has 1 heterocycles. The van der Waals surface area contributed by atoms with Crippen LogP contribution in [0.2, 0.25) is 5.02 Å². The standard InChI is InChI=1S/C24H21ClN2O3S2/c1-17-7-10-20(11-8-17)32(29,30)14-13-23(28)27(16-18-5-3-2-4-6-18)24-26-21-12-9-19(25)15-22(21)31-24/h2-12,15H,13-14,16H2,1H3. The highest BCUT2D eigenvalue weighted by molar-refractivity contribution is 7.91. The van der Waals surface area contributed by atoms with Gasteiger partial charge in [-0.3, -0.25) is 9.69 Å². The first kappa shape index (κ1) is 22.5. The van der Waals surface area contributed by atoms with E-state index in [-0.39, 0.29) is 23.0 Å². The number of sulfone groups is 1. The Bertz CT molecular complexity index is 1350. The number of hydrogen-bond acceptors (Lipinski definition) is 5. The van der Waals surface area contributed by atoms with E-state index in [0.29, 0.717) is 16.7 Å². The summed E-state index contributed by atoms with van der Waals surface area (Å²) >= 11 is 7.46. The van der Waals surface area contributed by atoms with E-state index in [4.69, 9.17) is 11.6 Å². The maximum atomic E-state index is 13.2. The Labute approximate surface area is 196 Å². The summed E-state index contributed by atoms with van der Waals surface area (Å²) in [5.41, 5.74) is 2.65. The number of benzene rings is 3. The van der Waals surface area contributed by atoms with Crippen LogP contribution < -0.4 is 4.90 Å². The van der Waals surface area contributed by atoms with Crippen LogP contribution in [-0.2, 0) is 21.2 Å². The summed E-state index contributed by atoms with van der Waals surface area (Å²) in [6.07, 6.45) is -0.139. The van der Waals surface area contributed by atoms with Crippen molar-refractivity contribution in [3.8, 4) is 0 Å². The third-order valence-electron chi connectivity index (χ3n) is 5.02. The first-order valence-corrected chi connectivity index (χ1v) is 12.9. The Hall–Kier alpha value is -2.74. The van der Waals surface area contributed by atoms with E-state index in [1.54, 1.807) is 35.2 Å². The fourth-order valence-electron chi connectivity index (χ4n) is 3.25. The molecule has 4 rings (SSSR count). The summed E-state index contributed by atoms with van der Waals surface area (Å²) in [5.74, 6) is -0.564. The average Bonchev–Trinajstić information content (AvgIpc) is 3.19. The van der Waals surface area contributed by atoms with Gasteiger partial charge in [-0.1, -0.05) is 71.0 Å². The van der Waals surface area contributed by atoms with E-state index in [1.165, 1.54) is 11.3 Å². The van der Waals surface area contributed by atoms with Crippen LogP contribution in [0.1, 0.15) is 17.5 Å². The number of carbonyl (C=O) groups is 1. The molecule has 4 aromatic rings. The quantitative estimate of drug-likeness (QED) is 0.339. The Balaban J connectivity index is 1.60. The van der Waals surface area contributed by atoms with E-state index >= 15 is 0 Å². The molecule has 0 saturated carbocycles. The van der Waals surface area contributed by atoms with Crippen molar-refractivity contribution in [1.82, 2.24) is 4.98 Å². The van der Waals surface area contributed by atoms with Crippen LogP contribution in [0.4, 0.5) is 5.13 Å². The minimum absolute atomic E-state index is 0.139. The predicted molar refractivity (Wildman–Crippen MR) is 130 cm³/mol. The van der Waals surface area contributed by atoms with E-state index in [1.807, 2.05) is 49.4 Å². The van der Waals surface area contributed by atoms with Crippen molar-refractivity contribution >= 4 is 54.0 Å². The van der Waals surface area contributed by atoms with Gasteiger partial charge in [-0.05, 0) is 42.8 Å². The second-order valence-electron chi connectivity index (χ2n) is 7.46. The minimum Gasteiger partial charge on any atom is -0.284 e. The largest absolute Gasteiger partial charge is 0.284 e. The Morgan fingerprint density at radius 2 is 1.75 bits per heavy atom. The maximum absolute atomic E-state index is 13.2. The molecule has 0 aliphatic heterocycles. The van der Waals surface area contributed by atoms with Crippen molar-refractivity contribution < 1.29 is 13.2 Å². The van der Waals surface area contributed by atoms with E-state index in [2.05, 4.69) is 4.98 Å². The Morgan fingerprint density at radius 1 is 1.03 bits per heavy atom. The number of nitrogens with zero attached hydrogens (tertiary/aromatic N) is 2. The number of thiazole rings is 1. The lowest BCUT2D eigenvalue weighted by molar-refractivity contribution is -0.118. The molecule has 0 fully saturated rings. The van der Waals surface area contributed by atoms with Gasteiger partial charge in [0.05, 0.1) is 27.4 Å². The topological polar surface area (TPSA) is 67.3 Å². The number of rotatable bonds is 7. The van der Waals surface area contributed by atoms with Crippen LogP contribution in [0.3, 0.4) is 0 Å². The van der Waals surface area contributed by atoms with Crippen LogP contribution in [0.25, 0.3) is 10.2 Å². The fraction of sp³-hybridized carbons (Fsp3) is 0.167. The van der Waals surface area contributed by atoms with Crippen molar-refractivity contribution in [2.45, 2.75) is 24.8 Å². The summed E-state index contributed by atoms with van der Waals surface area (Å²) in [6, 6.07) is 21.6. The molecule has 0 unspecified atom stereocenters. The van der Waals surface area contributed by atoms with Gasteiger partial charge in [0.1, 0.15) is 0 Å². The lowest BCUT2D eigenvalue weighted by Crippen LogP contribution is -2.31. The molecule has 0 N–H and O–H groups in total. The van der Waals surface area contributed by atoms with E-state index in [9.17, 15) is 13.2 Å². The highest BCUT2D eigenvalue weighted by atomic mass is 35.5. The lowest BCUT2D eigenvalue weighted by Gasteiger charge is -2.20. The van der Waals surface area contributed by atoms with Gasteiger partial charge in [0.2, 0.25) is 5.91 Å². The first-order chi connectivity index (χ1) is 15.3. The normalized spacial score (nSPS) is 11.6. The molecule has 0 bridgehead atoms. The smallest absolute Gasteiger partial charge is 0.230 e. The zero-order chi connectivity index (χ0) is 22.7. The van der Waals surface area contributed by atoms with E-state index < -0.39 is 9.84 Å². The third-order valence-corrected chi connectivity index (χ3v) is 8.03. The molecule has 0 atom stereocenters. The van der Waals surface area contributed by atoms with Gasteiger partial charge < -0.3 is 0 Å². The van der Waals surface area contributed by atoms with Crippen LogP contribution in [0, 0.1) is 6.92 Å². The van der Waals surface area contributed by atoms with Gasteiger partial charge in [0, 0.05) is 11.4 Å². The maximum Gasteiger partial charge on any atom is 0.230 e. The number of aryl methyl sites for hydroxylation is 1. The molecule has 0 radical (unpaired) electrons. The molecule has 5 nitrogen and oxygen atoms in total. The minimum atomic E-state index is -3.57. The van der Waals surface area contributed by atoms with E-state index in [0.717, 1.165) is 21.3 Å². The molecule has 8 heteroatoms. The van der Waals surface area contributed by atoms with Crippen molar-refractivity contribution in [3.63, 3.8) is 0 Å². The molecule has 1 amide bonds. The van der Waals surface area contributed by atoms with Gasteiger partial charge >= 0.3 is 0 Å². The molecule has 0 spiro atoms. The van der Waals surface area contributed by atoms with Crippen LogP contribution in [0.5, 0.6) is 0 Å². The molecule has 0 saturated heterocycles. The first-order valence-electron chi connectivity index (χ1n) is 10.0. The number of fused-ring (bicyclic) bond motifs is 1. The average molecular weight is 485 g/mol. The number of amides is 1. The number of aromatic nitrogens is 1. The molecule has 164 valence electrons. The molecule has 0 aliphatic carbocycles. The van der Waals surface area contributed by atoms with Crippen molar-refractivity contribution in [1.29, 1.82) is 0 Å². The van der Waals surface area contributed by atoms with Crippen molar-refractivity contribution in [3.05, 3.63) is 88.9 Å². The highest BCUT2D eigenvalue weighted by Crippen LogP contribution is 2.32. The summed E-state index contributed by atoms with van der Waals surface area (Å²) in [7, 11) is -3.57. The highest BCUT2D eigenvalue weighted by Gasteiger charge is 2.23. The molecule has 0 aliphatic rings. The van der Waals surface area contributed by atoms with Gasteiger partial charge in [-0.15, -0.1) is 0 Å². The summed E-state index contributed by atoms with van der Waals surface area (Å²) < 4.78 is 26.4. The molecule has 1 aromatic heterocycles. The number of anilines is 1. The van der Waals surface area contributed by atoms with Gasteiger partial charge in [-0.2, -0.15) is 0 Å². The number of carbonyl (C=O) groups excluding carboxylic acids is 1. The molecular formula is C24H21ClN2O3S2. The summed E-state index contributed by atoms with van der Waals surface area (Å²) in [6.45, 7) is 2.20. The molecule has 32 heavy (non-hydrogen) atoms. The van der Waals surface area contributed by atoms with Crippen LogP contribution in [-0.4, -0.2) is 25.1 Å². The predicted octanol–water partition coefficient (Wildman–Crippen LogP) is 5.66. The molecular weight excluding hydrogens is 464 g/mol.